The molecule has 0 aliphatic carbocycles. The van der Waals surface area contributed by atoms with Crippen LogP contribution in [-0.4, -0.2) is 11.6 Å². The predicted octanol–water partition coefficient (Wildman–Crippen LogP) is 2.88. The highest BCUT2D eigenvalue weighted by Crippen LogP contribution is 2.30. The first-order chi connectivity index (χ1) is 7.74. The Morgan fingerprint density at radius 3 is 3.00 bits per heavy atom. The Bertz CT molecular complexity index is 501. The molecule has 1 aromatic heterocycles. The van der Waals surface area contributed by atoms with Gasteiger partial charge in [0.2, 0.25) is 0 Å². The molecule has 1 heterocycles. The molecule has 84 valence electrons. The van der Waals surface area contributed by atoms with Crippen molar-refractivity contribution in [2.75, 3.05) is 6.61 Å². The minimum Gasteiger partial charge on any atom is -0.304 e. The van der Waals surface area contributed by atoms with Gasteiger partial charge in [-0.25, -0.2) is 5.90 Å². The summed E-state index contributed by atoms with van der Waals surface area (Å²) >= 11 is 6.20. The number of rotatable bonds is 3. The predicted molar refractivity (Wildman–Crippen MR) is 65.3 cm³/mol. The lowest BCUT2D eigenvalue weighted by Gasteiger charge is -2.14. The molecular weight excluding hydrogens is 224 g/mol. The molecule has 0 bridgehead atoms. The van der Waals surface area contributed by atoms with E-state index < -0.39 is 0 Å². The molecule has 0 aliphatic heterocycles. The highest BCUT2D eigenvalue weighted by atomic mass is 35.5. The Kier molecular flexibility index (Phi) is 3.39. The van der Waals surface area contributed by atoms with Crippen molar-refractivity contribution < 1.29 is 4.84 Å². The first kappa shape index (κ1) is 11.3. The molecule has 0 saturated carbocycles. The summed E-state index contributed by atoms with van der Waals surface area (Å²) in [4.78, 5) is 9.04. The molecule has 4 heteroatoms. The first-order valence-electron chi connectivity index (χ1n) is 5.09. The van der Waals surface area contributed by atoms with Gasteiger partial charge in [0.25, 0.3) is 0 Å². The van der Waals surface area contributed by atoms with Crippen LogP contribution < -0.4 is 5.90 Å². The van der Waals surface area contributed by atoms with E-state index in [2.05, 4.69) is 9.82 Å². The number of halogens is 1. The smallest absolute Gasteiger partial charge is 0.0752 e. The summed E-state index contributed by atoms with van der Waals surface area (Å²) in [5, 5.41) is 1.78. The van der Waals surface area contributed by atoms with Gasteiger partial charge in [0.1, 0.15) is 0 Å². The van der Waals surface area contributed by atoms with E-state index in [-0.39, 0.29) is 5.92 Å². The number of fused-ring (bicyclic) bond motifs is 1. The zero-order chi connectivity index (χ0) is 11.5. The highest BCUT2D eigenvalue weighted by Gasteiger charge is 2.14. The molecule has 0 amide bonds. The lowest BCUT2D eigenvalue weighted by molar-refractivity contribution is 0.127. The third-order valence-corrected chi connectivity index (χ3v) is 2.93. The second kappa shape index (κ2) is 4.78. The summed E-state index contributed by atoms with van der Waals surface area (Å²) in [6.07, 6.45) is 1.76. The Labute approximate surface area is 99.1 Å². The van der Waals surface area contributed by atoms with Crippen molar-refractivity contribution in [1.29, 1.82) is 0 Å². The molecule has 16 heavy (non-hydrogen) atoms. The molecule has 0 spiro atoms. The molecule has 2 aromatic rings. The lowest BCUT2D eigenvalue weighted by atomic mass is 9.98. The summed E-state index contributed by atoms with van der Waals surface area (Å²) in [7, 11) is 0. The fraction of sp³-hybridized carbons (Fsp3) is 0.250. The van der Waals surface area contributed by atoms with Gasteiger partial charge >= 0.3 is 0 Å². The molecule has 2 rings (SSSR count). The van der Waals surface area contributed by atoms with E-state index in [1.165, 1.54) is 0 Å². The van der Waals surface area contributed by atoms with Crippen molar-refractivity contribution in [2.24, 2.45) is 5.90 Å². The van der Waals surface area contributed by atoms with E-state index in [9.17, 15) is 0 Å². The second-order valence-electron chi connectivity index (χ2n) is 3.77. The van der Waals surface area contributed by atoms with Crippen LogP contribution in [0.4, 0.5) is 0 Å². The van der Waals surface area contributed by atoms with Crippen molar-refractivity contribution in [2.45, 2.75) is 12.8 Å². The minimum atomic E-state index is 0.121. The molecule has 0 radical (unpaired) electrons. The maximum atomic E-state index is 6.20. The number of pyridine rings is 1. The lowest BCUT2D eigenvalue weighted by Crippen LogP contribution is -2.09. The van der Waals surface area contributed by atoms with Crippen LogP contribution in [0.3, 0.4) is 0 Å². The monoisotopic (exact) mass is 236 g/mol. The number of hydrogen-bond acceptors (Lipinski definition) is 3. The summed E-state index contributed by atoms with van der Waals surface area (Å²) in [6.45, 7) is 2.44. The highest BCUT2D eigenvalue weighted by molar-refractivity contribution is 6.32. The van der Waals surface area contributed by atoms with Crippen molar-refractivity contribution in [3.63, 3.8) is 0 Å². The van der Waals surface area contributed by atoms with E-state index in [4.69, 9.17) is 17.5 Å². The first-order valence-corrected chi connectivity index (χ1v) is 5.46. The summed E-state index contributed by atoms with van der Waals surface area (Å²) in [5.74, 6) is 5.22. The average molecular weight is 237 g/mol. The van der Waals surface area contributed by atoms with Gasteiger partial charge in [-0.1, -0.05) is 30.7 Å². The average Bonchev–Trinajstić information content (AvgIpc) is 2.29. The molecule has 2 N–H and O–H groups in total. The van der Waals surface area contributed by atoms with Gasteiger partial charge in [-0.15, -0.1) is 0 Å². The maximum absolute atomic E-state index is 6.20. The second-order valence-corrected chi connectivity index (χ2v) is 4.18. The van der Waals surface area contributed by atoms with Crippen LogP contribution in [0.5, 0.6) is 0 Å². The van der Waals surface area contributed by atoms with Crippen LogP contribution in [0, 0.1) is 0 Å². The Balaban J connectivity index is 2.61. The number of hydrogen-bond donors (Lipinski definition) is 1. The molecule has 3 nitrogen and oxygen atoms in total. The van der Waals surface area contributed by atoms with E-state index >= 15 is 0 Å². The molecule has 0 fully saturated rings. The van der Waals surface area contributed by atoms with Crippen LogP contribution in [0.2, 0.25) is 5.02 Å². The quantitative estimate of drug-likeness (QED) is 0.834. The molecular formula is C12H13ClN2O. The van der Waals surface area contributed by atoms with Gasteiger partial charge in [0.15, 0.2) is 0 Å². The van der Waals surface area contributed by atoms with Gasteiger partial charge in [-0.2, -0.15) is 0 Å². The topological polar surface area (TPSA) is 48.1 Å². The van der Waals surface area contributed by atoms with Crippen molar-refractivity contribution in [3.8, 4) is 0 Å². The number of benzene rings is 1. The molecule has 1 aromatic carbocycles. The molecule has 0 aliphatic rings. The third-order valence-electron chi connectivity index (χ3n) is 2.60. The summed E-state index contributed by atoms with van der Waals surface area (Å²) in [5.41, 5.74) is 1.91. The van der Waals surface area contributed by atoms with E-state index in [0.717, 1.165) is 16.5 Å². The van der Waals surface area contributed by atoms with Crippen LogP contribution in [-0.2, 0) is 4.84 Å². The number of aromatic nitrogens is 1. The number of nitrogens with two attached hydrogens (primary N) is 1. The summed E-state index contributed by atoms with van der Waals surface area (Å²) < 4.78 is 0. The van der Waals surface area contributed by atoms with Gasteiger partial charge in [-0.05, 0) is 12.1 Å². The molecule has 0 saturated heterocycles. The van der Waals surface area contributed by atoms with Crippen LogP contribution in [0.15, 0.2) is 30.5 Å². The zero-order valence-electron chi connectivity index (χ0n) is 8.98. The van der Waals surface area contributed by atoms with Gasteiger partial charge in [-0.3, -0.25) is 4.98 Å². The van der Waals surface area contributed by atoms with Crippen molar-refractivity contribution in [1.82, 2.24) is 4.98 Å². The van der Waals surface area contributed by atoms with E-state index in [0.29, 0.717) is 11.6 Å². The molecule has 1 unspecified atom stereocenters. The van der Waals surface area contributed by atoms with Crippen LogP contribution in [0.1, 0.15) is 18.4 Å². The van der Waals surface area contributed by atoms with E-state index in [1.807, 2.05) is 31.2 Å². The Morgan fingerprint density at radius 1 is 1.44 bits per heavy atom. The normalized spacial score (nSPS) is 12.9. The minimum absolute atomic E-state index is 0.121. The number of nitrogens with zero attached hydrogens (tertiary/aromatic N) is 1. The largest absolute Gasteiger partial charge is 0.304 e. The van der Waals surface area contributed by atoms with Gasteiger partial charge in [0, 0.05) is 28.1 Å². The zero-order valence-corrected chi connectivity index (χ0v) is 9.74. The van der Waals surface area contributed by atoms with Crippen LogP contribution in [0.25, 0.3) is 10.9 Å². The van der Waals surface area contributed by atoms with Crippen molar-refractivity contribution in [3.05, 3.63) is 41.0 Å². The Morgan fingerprint density at radius 2 is 2.25 bits per heavy atom. The fourth-order valence-corrected chi connectivity index (χ4v) is 2.18. The van der Waals surface area contributed by atoms with Crippen molar-refractivity contribution >= 4 is 22.5 Å². The molecule has 1 atom stereocenters. The Hall–Kier alpha value is -1.16. The van der Waals surface area contributed by atoms with Crippen LogP contribution >= 0.6 is 11.6 Å². The van der Waals surface area contributed by atoms with Gasteiger partial charge in [0.05, 0.1) is 12.1 Å². The third kappa shape index (κ3) is 2.02. The standard InChI is InChI=1S/C12H13ClN2O/c1-8(7-16-14)11-10(13)5-4-9-3-2-6-15-12(9)11/h2-6,8H,7,14H2,1H3. The SMILES string of the molecule is CC(CON)c1c(Cl)ccc2cccnc12. The maximum Gasteiger partial charge on any atom is 0.0752 e. The fourth-order valence-electron chi connectivity index (χ4n) is 1.84. The van der Waals surface area contributed by atoms with E-state index in [1.54, 1.807) is 6.20 Å². The van der Waals surface area contributed by atoms with Gasteiger partial charge < -0.3 is 4.84 Å². The summed E-state index contributed by atoms with van der Waals surface area (Å²) in [6, 6.07) is 7.76.